The van der Waals surface area contributed by atoms with Crippen molar-refractivity contribution in [2.75, 3.05) is 25.1 Å². The molecule has 0 saturated heterocycles. The third kappa shape index (κ3) is 2.68. The number of anilines is 1. The highest BCUT2D eigenvalue weighted by atomic mass is 16.5. The van der Waals surface area contributed by atoms with Gasteiger partial charge in [-0.25, -0.2) is 0 Å². The lowest BCUT2D eigenvalue weighted by atomic mass is 9.96. The summed E-state index contributed by atoms with van der Waals surface area (Å²) in [5.41, 5.74) is 8.77. The molecule has 0 fully saturated rings. The van der Waals surface area contributed by atoms with E-state index in [1.165, 1.54) is 24.1 Å². The molecule has 18 heavy (non-hydrogen) atoms. The quantitative estimate of drug-likeness (QED) is 0.887. The monoisotopic (exact) mass is 248 g/mol. The Morgan fingerprint density at radius 3 is 2.83 bits per heavy atom. The second-order valence-electron chi connectivity index (χ2n) is 5.59. The van der Waals surface area contributed by atoms with Gasteiger partial charge in [0.05, 0.1) is 11.6 Å². The molecule has 2 N–H and O–H groups in total. The fourth-order valence-corrected chi connectivity index (χ4v) is 2.41. The van der Waals surface area contributed by atoms with Crippen LogP contribution in [0.25, 0.3) is 0 Å². The molecule has 1 aliphatic heterocycles. The second-order valence-corrected chi connectivity index (χ2v) is 5.59. The molecule has 1 aliphatic rings. The molecule has 1 aromatic rings. The summed E-state index contributed by atoms with van der Waals surface area (Å²) in [6.45, 7) is 6.03. The van der Waals surface area contributed by atoms with Crippen molar-refractivity contribution in [3.63, 3.8) is 0 Å². The first-order chi connectivity index (χ1) is 8.54. The lowest BCUT2D eigenvalue weighted by Gasteiger charge is -2.38. The summed E-state index contributed by atoms with van der Waals surface area (Å²) in [6, 6.07) is 8.63. The first kappa shape index (κ1) is 13.4. The van der Waals surface area contributed by atoms with Gasteiger partial charge in [-0.05, 0) is 38.3 Å². The van der Waals surface area contributed by atoms with Gasteiger partial charge in [0, 0.05) is 25.9 Å². The maximum Gasteiger partial charge on any atom is 0.0790 e. The van der Waals surface area contributed by atoms with Gasteiger partial charge < -0.3 is 15.4 Å². The van der Waals surface area contributed by atoms with E-state index in [9.17, 15) is 0 Å². The van der Waals surface area contributed by atoms with Crippen molar-refractivity contribution in [3.8, 4) is 0 Å². The molecule has 1 atom stereocenters. The first-order valence-corrected chi connectivity index (χ1v) is 6.68. The zero-order chi connectivity index (χ0) is 13.2. The number of methoxy groups -OCH3 is 1. The number of rotatable bonds is 4. The van der Waals surface area contributed by atoms with Crippen molar-refractivity contribution < 1.29 is 4.74 Å². The van der Waals surface area contributed by atoms with Crippen molar-refractivity contribution >= 4 is 5.69 Å². The van der Waals surface area contributed by atoms with Crippen LogP contribution in [0.4, 0.5) is 5.69 Å². The molecule has 0 aliphatic carbocycles. The van der Waals surface area contributed by atoms with Crippen LogP contribution in [0.15, 0.2) is 24.3 Å². The third-order valence-electron chi connectivity index (χ3n) is 4.04. The molecular formula is C15H24N2O. The molecule has 1 heterocycles. The molecule has 1 unspecified atom stereocenters. The Morgan fingerprint density at radius 2 is 2.11 bits per heavy atom. The Balaban J connectivity index is 2.12. The molecule has 0 spiro atoms. The van der Waals surface area contributed by atoms with Gasteiger partial charge in [0.2, 0.25) is 0 Å². The summed E-state index contributed by atoms with van der Waals surface area (Å²) in [5.74, 6) is 0. The molecule has 100 valence electrons. The van der Waals surface area contributed by atoms with Crippen LogP contribution in [0, 0.1) is 0 Å². The smallest absolute Gasteiger partial charge is 0.0790 e. The van der Waals surface area contributed by atoms with Gasteiger partial charge in [-0.2, -0.15) is 0 Å². The third-order valence-corrected chi connectivity index (χ3v) is 4.04. The van der Waals surface area contributed by atoms with Crippen LogP contribution >= 0.6 is 0 Å². The fraction of sp³-hybridized carbons (Fsp3) is 0.600. The number of hydrogen-bond donors (Lipinski definition) is 1. The van der Waals surface area contributed by atoms with Crippen LogP contribution < -0.4 is 10.6 Å². The summed E-state index contributed by atoms with van der Waals surface area (Å²) >= 11 is 0. The number of nitrogens with zero attached hydrogens (tertiary/aromatic N) is 1. The minimum Gasteiger partial charge on any atom is -0.377 e. The van der Waals surface area contributed by atoms with Gasteiger partial charge in [-0.15, -0.1) is 0 Å². The second kappa shape index (κ2) is 5.29. The molecular weight excluding hydrogens is 224 g/mol. The van der Waals surface area contributed by atoms with Crippen molar-refractivity contribution in [1.29, 1.82) is 0 Å². The van der Waals surface area contributed by atoms with Gasteiger partial charge in [0.1, 0.15) is 0 Å². The summed E-state index contributed by atoms with van der Waals surface area (Å²) in [4.78, 5) is 2.39. The number of aryl methyl sites for hydroxylation is 1. The maximum absolute atomic E-state index is 6.28. The zero-order valence-electron chi connectivity index (χ0n) is 11.6. The summed E-state index contributed by atoms with van der Waals surface area (Å²) < 4.78 is 5.48. The average Bonchev–Trinajstić information content (AvgIpc) is 2.39. The summed E-state index contributed by atoms with van der Waals surface area (Å²) in [7, 11) is 1.73. The number of ether oxygens (including phenoxy) is 1. The SMILES string of the molecule is COC(C)(C)C(N)CN1CCCc2ccccc21. The molecule has 1 aromatic carbocycles. The van der Waals surface area contributed by atoms with Gasteiger partial charge in [-0.1, -0.05) is 18.2 Å². The first-order valence-electron chi connectivity index (χ1n) is 6.68. The average molecular weight is 248 g/mol. The van der Waals surface area contributed by atoms with Crippen molar-refractivity contribution in [3.05, 3.63) is 29.8 Å². The van der Waals surface area contributed by atoms with E-state index in [1.54, 1.807) is 7.11 Å². The number of nitrogens with two attached hydrogens (primary N) is 1. The maximum atomic E-state index is 6.28. The predicted octanol–water partition coefficient (Wildman–Crippen LogP) is 2.19. The Morgan fingerprint density at radius 1 is 1.39 bits per heavy atom. The van der Waals surface area contributed by atoms with E-state index in [4.69, 9.17) is 10.5 Å². The molecule has 0 amide bonds. The van der Waals surface area contributed by atoms with Crippen LogP contribution in [0.1, 0.15) is 25.8 Å². The minimum atomic E-state index is -0.285. The van der Waals surface area contributed by atoms with E-state index in [-0.39, 0.29) is 11.6 Å². The summed E-state index contributed by atoms with van der Waals surface area (Å²) in [5, 5.41) is 0. The predicted molar refractivity (Wildman–Crippen MR) is 76.0 cm³/mol. The Hall–Kier alpha value is -1.06. The van der Waals surface area contributed by atoms with E-state index in [0.717, 1.165) is 13.1 Å². The highest BCUT2D eigenvalue weighted by molar-refractivity contribution is 5.55. The van der Waals surface area contributed by atoms with E-state index in [1.807, 2.05) is 13.8 Å². The molecule has 0 saturated carbocycles. The lowest BCUT2D eigenvalue weighted by Crippen LogP contribution is -2.52. The zero-order valence-corrected chi connectivity index (χ0v) is 11.6. The van der Waals surface area contributed by atoms with Crippen LogP contribution in [0.2, 0.25) is 0 Å². The Labute approximate surface area is 110 Å². The lowest BCUT2D eigenvalue weighted by molar-refractivity contribution is 0.00251. The highest BCUT2D eigenvalue weighted by Crippen LogP contribution is 2.27. The van der Waals surface area contributed by atoms with Gasteiger partial charge in [0.15, 0.2) is 0 Å². The molecule has 3 heteroatoms. The van der Waals surface area contributed by atoms with Crippen LogP contribution in [0.3, 0.4) is 0 Å². The normalized spacial score (nSPS) is 17.4. The van der Waals surface area contributed by atoms with E-state index in [2.05, 4.69) is 29.2 Å². The summed E-state index contributed by atoms with van der Waals surface area (Å²) in [6.07, 6.45) is 2.38. The molecule has 0 aromatic heterocycles. The van der Waals surface area contributed by atoms with E-state index < -0.39 is 0 Å². The number of fused-ring (bicyclic) bond motifs is 1. The van der Waals surface area contributed by atoms with Crippen LogP contribution in [-0.4, -0.2) is 31.8 Å². The molecule has 3 nitrogen and oxygen atoms in total. The van der Waals surface area contributed by atoms with E-state index in [0.29, 0.717) is 0 Å². The van der Waals surface area contributed by atoms with Gasteiger partial charge >= 0.3 is 0 Å². The largest absolute Gasteiger partial charge is 0.377 e. The molecule has 2 rings (SSSR count). The fourth-order valence-electron chi connectivity index (χ4n) is 2.41. The number of benzene rings is 1. The number of para-hydroxylation sites is 1. The topological polar surface area (TPSA) is 38.5 Å². The van der Waals surface area contributed by atoms with Crippen LogP contribution in [-0.2, 0) is 11.2 Å². The highest BCUT2D eigenvalue weighted by Gasteiger charge is 2.29. The van der Waals surface area contributed by atoms with Crippen molar-refractivity contribution in [2.45, 2.75) is 38.3 Å². The van der Waals surface area contributed by atoms with Crippen molar-refractivity contribution in [1.82, 2.24) is 0 Å². The minimum absolute atomic E-state index is 0.00801. The molecule has 0 bridgehead atoms. The van der Waals surface area contributed by atoms with Gasteiger partial charge in [-0.3, -0.25) is 0 Å². The van der Waals surface area contributed by atoms with Gasteiger partial charge in [0.25, 0.3) is 0 Å². The molecule has 0 radical (unpaired) electrons. The Bertz CT molecular complexity index is 403. The number of hydrogen-bond acceptors (Lipinski definition) is 3. The standard InChI is InChI=1S/C15H24N2O/c1-15(2,18-3)14(16)11-17-10-6-8-12-7-4-5-9-13(12)17/h4-5,7,9,14H,6,8,10-11,16H2,1-3H3. The Kier molecular flexibility index (Phi) is 3.93. The van der Waals surface area contributed by atoms with Crippen molar-refractivity contribution in [2.24, 2.45) is 5.73 Å². The van der Waals surface area contributed by atoms with E-state index >= 15 is 0 Å². The van der Waals surface area contributed by atoms with Crippen LogP contribution in [0.5, 0.6) is 0 Å².